The Labute approximate surface area is 122 Å². The fourth-order valence-corrected chi connectivity index (χ4v) is 3.09. The molecule has 2 heteroatoms. The fraction of sp³-hybridized carbons (Fsp3) is 0.294. The Kier molecular flexibility index (Phi) is 3.72. The number of ether oxygens (including phenoxy) is 1. The maximum absolute atomic E-state index is 5.47. The summed E-state index contributed by atoms with van der Waals surface area (Å²) in [6.07, 6.45) is 1.01. The molecule has 0 aliphatic carbocycles. The van der Waals surface area contributed by atoms with Crippen molar-refractivity contribution in [2.24, 2.45) is 0 Å². The molecule has 2 aromatic carbocycles. The molecule has 1 nitrogen and oxygen atoms in total. The van der Waals surface area contributed by atoms with E-state index in [9.17, 15) is 0 Å². The van der Waals surface area contributed by atoms with E-state index in [2.05, 4.69) is 65.3 Å². The lowest BCUT2D eigenvalue weighted by Crippen LogP contribution is -1.97. The van der Waals surface area contributed by atoms with Crippen molar-refractivity contribution in [3.63, 3.8) is 0 Å². The smallest absolute Gasteiger partial charge is 0.0725 e. The Bertz CT molecular complexity index is 574. The number of hydrogen-bond donors (Lipinski definition) is 0. The average molecular weight is 317 g/mol. The number of benzene rings is 2. The van der Waals surface area contributed by atoms with Crippen LogP contribution in [0.15, 0.2) is 42.5 Å². The molecule has 98 valence electrons. The van der Waals surface area contributed by atoms with Crippen molar-refractivity contribution in [2.75, 3.05) is 0 Å². The molecule has 0 saturated heterocycles. The van der Waals surface area contributed by atoms with Gasteiger partial charge in [-0.05, 0) is 35.6 Å². The normalized spacial score (nSPS) is 15.3. The molecule has 1 aliphatic heterocycles. The molecule has 1 unspecified atom stereocenters. The Hall–Kier alpha value is -1.12. The molecule has 0 aromatic heterocycles. The summed E-state index contributed by atoms with van der Waals surface area (Å²) in [5, 5.41) is 0. The highest BCUT2D eigenvalue weighted by atomic mass is 79.9. The molecule has 0 fully saturated rings. The van der Waals surface area contributed by atoms with Gasteiger partial charge in [0, 0.05) is 4.83 Å². The summed E-state index contributed by atoms with van der Waals surface area (Å²) < 4.78 is 5.47. The number of alkyl halides is 1. The first kappa shape index (κ1) is 12.9. The van der Waals surface area contributed by atoms with E-state index in [0.717, 1.165) is 19.6 Å². The van der Waals surface area contributed by atoms with Gasteiger partial charge < -0.3 is 4.74 Å². The first-order chi connectivity index (χ1) is 9.22. The first-order valence-electron chi connectivity index (χ1n) is 6.61. The molecule has 1 heterocycles. The Morgan fingerprint density at radius 3 is 2.58 bits per heavy atom. The van der Waals surface area contributed by atoms with Crippen LogP contribution in [0.4, 0.5) is 0 Å². The minimum atomic E-state index is 0.362. The summed E-state index contributed by atoms with van der Waals surface area (Å²) in [5.74, 6) is 0. The first-order valence-corrected chi connectivity index (χ1v) is 7.53. The lowest BCUT2D eigenvalue weighted by molar-refractivity contribution is 0.134. The second kappa shape index (κ2) is 5.48. The maximum Gasteiger partial charge on any atom is 0.0725 e. The van der Waals surface area contributed by atoms with Gasteiger partial charge in [0.1, 0.15) is 0 Å². The third kappa shape index (κ3) is 2.90. The highest BCUT2D eigenvalue weighted by Gasteiger charge is 2.15. The van der Waals surface area contributed by atoms with Gasteiger partial charge in [-0.3, -0.25) is 0 Å². The molecule has 0 N–H and O–H groups in total. The molecule has 3 rings (SSSR count). The standard InChI is InChI=1S/C17H17BrO/c1-12-2-4-13(5-3-12)8-17(18)14-6-7-15-10-19-11-16(15)9-14/h2-7,9,17H,8,10-11H2,1H3. The largest absolute Gasteiger partial charge is 0.372 e. The molecule has 1 atom stereocenters. The fourth-order valence-electron chi connectivity index (χ4n) is 2.44. The van der Waals surface area contributed by atoms with Crippen LogP contribution in [-0.4, -0.2) is 0 Å². The summed E-state index contributed by atoms with van der Waals surface area (Å²) in [5.41, 5.74) is 6.68. The zero-order chi connectivity index (χ0) is 13.2. The van der Waals surface area contributed by atoms with Crippen molar-refractivity contribution in [1.29, 1.82) is 0 Å². The third-order valence-corrected chi connectivity index (χ3v) is 4.50. The van der Waals surface area contributed by atoms with Crippen molar-refractivity contribution in [1.82, 2.24) is 0 Å². The van der Waals surface area contributed by atoms with E-state index in [1.807, 2.05) is 0 Å². The van der Waals surface area contributed by atoms with E-state index in [-0.39, 0.29) is 0 Å². The predicted octanol–water partition coefficient (Wildman–Crippen LogP) is 4.70. The van der Waals surface area contributed by atoms with Crippen molar-refractivity contribution >= 4 is 15.9 Å². The van der Waals surface area contributed by atoms with Crippen LogP contribution in [0.2, 0.25) is 0 Å². The Morgan fingerprint density at radius 1 is 1.05 bits per heavy atom. The van der Waals surface area contributed by atoms with Crippen LogP contribution >= 0.6 is 15.9 Å². The summed E-state index contributed by atoms with van der Waals surface area (Å²) in [4.78, 5) is 0.362. The summed E-state index contributed by atoms with van der Waals surface area (Å²) in [6.45, 7) is 3.64. The van der Waals surface area contributed by atoms with Crippen LogP contribution in [0.1, 0.15) is 32.6 Å². The van der Waals surface area contributed by atoms with Gasteiger partial charge >= 0.3 is 0 Å². The zero-order valence-electron chi connectivity index (χ0n) is 11.0. The number of aryl methyl sites for hydroxylation is 1. The molecular weight excluding hydrogens is 300 g/mol. The monoisotopic (exact) mass is 316 g/mol. The Morgan fingerprint density at radius 2 is 1.79 bits per heavy atom. The molecule has 1 aliphatic rings. The average Bonchev–Trinajstić information content (AvgIpc) is 2.88. The quantitative estimate of drug-likeness (QED) is 0.745. The van der Waals surface area contributed by atoms with E-state index < -0.39 is 0 Å². The van der Waals surface area contributed by atoms with Gasteiger partial charge in [0.15, 0.2) is 0 Å². The molecular formula is C17H17BrO. The highest BCUT2D eigenvalue weighted by Crippen LogP contribution is 2.30. The molecule has 0 radical (unpaired) electrons. The van der Waals surface area contributed by atoms with E-state index in [1.54, 1.807) is 0 Å². The van der Waals surface area contributed by atoms with Crippen LogP contribution in [0.25, 0.3) is 0 Å². The van der Waals surface area contributed by atoms with Crippen molar-refractivity contribution in [3.8, 4) is 0 Å². The molecule has 2 aromatic rings. The highest BCUT2D eigenvalue weighted by molar-refractivity contribution is 9.09. The number of fused-ring (bicyclic) bond motifs is 1. The van der Waals surface area contributed by atoms with E-state index in [0.29, 0.717) is 4.83 Å². The number of rotatable bonds is 3. The van der Waals surface area contributed by atoms with E-state index in [4.69, 9.17) is 4.74 Å². The van der Waals surface area contributed by atoms with Crippen LogP contribution in [0.3, 0.4) is 0 Å². The van der Waals surface area contributed by atoms with Gasteiger partial charge in [-0.25, -0.2) is 0 Å². The van der Waals surface area contributed by atoms with Gasteiger partial charge in [-0.15, -0.1) is 0 Å². The van der Waals surface area contributed by atoms with Crippen LogP contribution in [-0.2, 0) is 24.4 Å². The Balaban J connectivity index is 1.76. The van der Waals surface area contributed by atoms with Crippen LogP contribution in [0.5, 0.6) is 0 Å². The summed E-state index contributed by atoms with van der Waals surface area (Å²) in [6, 6.07) is 15.4. The molecule has 19 heavy (non-hydrogen) atoms. The maximum atomic E-state index is 5.47. The van der Waals surface area contributed by atoms with Gasteiger partial charge in [-0.1, -0.05) is 64.0 Å². The second-order valence-corrected chi connectivity index (χ2v) is 6.28. The van der Waals surface area contributed by atoms with Gasteiger partial charge in [0.25, 0.3) is 0 Å². The van der Waals surface area contributed by atoms with E-state index >= 15 is 0 Å². The number of hydrogen-bond acceptors (Lipinski definition) is 1. The van der Waals surface area contributed by atoms with Crippen molar-refractivity contribution < 1.29 is 4.74 Å². The predicted molar refractivity (Wildman–Crippen MR) is 81.5 cm³/mol. The zero-order valence-corrected chi connectivity index (χ0v) is 12.6. The lowest BCUT2D eigenvalue weighted by atomic mass is 10.00. The number of halogens is 1. The summed E-state index contributed by atoms with van der Waals surface area (Å²) >= 11 is 3.81. The topological polar surface area (TPSA) is 9.23 Å². The lowest BCUT2D eigenvalue weighted by Gasteiger charge is -2.12. The van der Waals surface area contributed by atoms with E-state index in [1.165, 1.54) is 27.8 Å². The molecule has 0 amide bonds. The van der Waals surface area contributed by atoms with Gasteiger partial charge in [-0.2, -0.15) is 0 Å². The third-order valence-electron chi connectivity index (χ3n) is 3.64. The molecule has 0 bridgehead atoms. The van der Waals surface area contributed by atoms with Gasteiger partial charge in [0.05, 0.1) is 13.2 Å². The van der Waals surface area contributed by atoms with Crippen molar-refractivity contribution in [2.45, 2.75) is 31.4 Å². The van der Waals surface area contributed by atoms with Crippen LogP contribution < -0.4 is 0 Å². The molecule has 0 saturated carbocycles. The van der Waals surface area contributed by atoms with Crippen LogP contribution in [0, 0.1) is 6.92 Å². The second-order valence-electron chi connectivity index (χ2n) is 5.18. The molecule has 0 spiro atoms. The summed E-state index contributed by atoms with van der Waals surface area (Å²) in [7, 11) is 0. The van der Waals surface area contributed by atoms with Gasteiger partial charge in [0.2, 0.25) is 0 Å². The minimum absolute atomic E-state index is 0.362. The SMILES string of the molecule is Cc1ccc(CC(Br)c2ccc3c(c2)COC3)cc1. The minimum Gasteiger partial charge on any atom is -0.372 e. The van der Waals surface area contributed by atoms with Crippen molar-refractivity contribution in [3.05, 3.63) is 70.3 Å².